The van der Waals surface area contributed by atoms with Gasteiger partial charge in [0.1, 0.15) is 6.04 Å². The quantitative estimate of drug-likeness (QED) is 0.643. The minimum absolute atomic E-state index is 0.0466. The molecule has 8 heteroatoms. The molecule has 0 spiro atoms. The van der Waals surface area contributed by atoms with Crippen LogP contribution < -0.4 is 4.72 Å². The van der Waals surface area contributed by atoms with E-state index in [0.717, 1.165) is 32.1 Å². The lowest BCUT2D eigenvalue weighted by atomic mass is 9.91. The maximum absolute atomic E-state index is 12.0. The summed E-state index contributed by atoms with van der Waals surface area (Å²) < 4.78 is 30.7. The van der Waals surface area contributed by atoms with Crippen molar-refractivity contribution >= 4 is 22.0 Å². The van der Waals surface area contributed by atoms with Crippen LogP contribution in [-0.4, -0.2) is 44.4 Å². The predicted molar refractivity (Wildman–Crippen MR) is 76.2 cm³/mol. The third kappa shape index (κ3) is 6.90. The smallest absolute Gasteiger partial charge is 0.321 e. The van der Waals surface area contributed by atoms with Crippen LogP contribution in [0.5, 0.6) is 0 Å². The van der Waals surface area contributed by atoms with Gasteiger partial charge in [0.15, 0.2) is 0 Å². The molecule has 0 unspecified atom stereocenters. The summed E-state index contributed by atoms with van der Waals surface area (Å²) in [6.07, 6.45) is 4.63. The van der Waals surface area contributed by atoms with Crippen molar-refractivity contribution in [3.05, 3.63) is 0 Å². The number of nitrogens with one attached hydrogen (secondary N) is 1. The van der Waals surface area contributed by atoms with Crippen molar-refractivity contribution < 1.29 is 27.9 Å². The molecule has 0 aliphatic heterocycles. The third-order valence-corrected chi connectivity index (χ3v) is 5.22. The Bertz CT molecular complexity index is 455. The van der Waals surface area contributed by atoms with Gasteiger partial charge in [0.25, 0.3) is 0 Å². The summed E-state index contributed by atoms with van der Waals surface area (Å²) in [7, 11) is -2.46. The van der Waals surface area contributed by atoms with Crippen LogP contribution in [0.25, 0.3) is 0 Å². The molecule has 0 aromatic heterocycles. The van der Waals surface area contributed by atoms with Gasteiger partial charge in [0.2, 0.25) is 10.0 Å². The summed E-state index contributed by atoms with van der Waals surface area (Å²) in [6, 6.07) is -1.29. The zero-order valence-corrected chi connectivity index (χ0v) is 13.0. The van der Waals surface area contributed by atoms with Crippen LogP contribution in [0.2, 0.25) is 0 Å². The van der Waals surface area contributed by atoms with Crippen molar-refractivity contribution in [2.75, 3.05) is 12.9 Å². The van der Waals surface area contributed by atoms with Gasteiger partial charge in [-0.15, -0.1) is 0 Å². The summed E-state index contributed by atoms with van der Waals surface area (Å²) in [4.78, 5) is 22.1. The number of sulfonamides is 1. The van der Waals surface area contributed by atoms with E-state index < -0.39 is 28.0 Å². The molecule has 1 aliphatic rings. The van der Waals surface area contributed by atoms with Crippen LogP contribution in [0.3, 0.4) is 0 Å². The molecule has 0 amide bonds. The van der Waals surface area contributed by atoms with Crippen molar-refractivity contribution in [1.82, 2.24) is 4.72 Å². The molecule has 1 atom stereocenters. The van der Waals surface area contributed by atoms with E-state index in [4.69, 9.17) is 5.11 Å². The predicted octanol–water partition coefficient (Wildman–Crippen LogP) is 0.892. The molecule has 1 aliphatic carbocycles. The highest BCUT2D eigenvalue weighted by Crippen LogP contribution is 2.24. The molecule has 0 radical (unpaired) electrons. The molecule has 1 saturated carbocycles. The monoisotopic (exact) mass is 321 g/mol. The molecule has 1 rings (SSSR count). The fourth-order valence-corrected chi connectivity index (χ4v) is 4.23. The van der Waals surface area contributed by atoms with Gasteiger partial charge in [-0.05, 0) is 25.2 Å². The van der Waals surface area contributed by atoms with Crippen LogP contribution in [0.1, 0.15) is 44.9 Å². The van der Waals surface area contributed by atoms with Crippen LogP contribution in [0.15, 0.2) is 0 Å². The largest absolute Gasteiger partial charge is 0.480 e. The van der Waals surface area contributed by atoms with E-state index in [0.29, 0.717) is 0 Å². The Hall–Kier alpha value is -1.15. The zero-order valence-electron chi connectivity index (χ0n) is 12.2. The topological polar surface area (TPSA) is 110 Å². The Labute approximate surface area is 125 Å². The van der Waals surface area contributed by atoms with Crippen LogP contribution >= 0.6 is 0 Å². The van der Waals surface area contributed by atoms with E-state index in [9.17, 15) is 18.0 Å². The van der Waals surface area contributed by atoms with Gasteiger partial charge in [0.05, 0.1) is 12.9 Å². The van der Waals surface area contributed by atoms with E-state index in [2.05, 4.69) is 9.46 Å². The second-order valence-corrected chi connectivity index (χ2v) is 7.21. The molecule has 0 aromatic carbocycles. The molecule has 122 valence electrons. The number of carbonyl (C=O) groups excluding carboxylic acids is 1. The summed E-state index contributed by atoms with van der Waals surface area (Å²) >= 11 is 0. The average molecular weight is 321 g/mol. The fraction of sp³-hybridized carbons (Fsp3) is 0.846. The highest BCUT2D eigenvalue weighted by Gasteiger charge is 2.27. The number of aliphatic carboxylic acids is 1. The lowest BCUT2D eigenvalue weighted by Crippen LogP contribution is -2.43. The Kier molecular flexibility index (Phi) is 7.10. The van der Waals surface area contributed by atoms with Crippen molar-refractivity contribution in [2.24, 2.45) is 5.92 Å². The molecule has 0 saturated heterocycles. The van der Waals surface area contributed by atoms with Gasteiger partial charge in [-0.3, -0.25) is 9.59 Å². The lowest BCUT2D eigenvalue weighted by Gasteiger charge is -2.22. The number of methoxy groups -OCH3 is 1. The zero-order chi connectivity index (χ0) is 15.9. The molecule has 1 fully saturated rings. The molecule has 21 heavy (non-hydrogen) atoms. The Balaban J connectivity index is 2.55. The van der Waals surface area contributed by atoms with E-state index in [1.807, 2.05) is 0 Å². The van der Waals surface area contributed by atoms with E-state index in [1.165, 1.54) is 7.11 Å². The van der Waals surface area contributed by atoms with Crippen molar-refractivity contribution in [1.29, 1.82) is 0 Å². The number of hydrogen-bond acceptors (Lipinski definition) is 5. The van der Waals surface area contributed by atoms with Gasteiger partial charge in [-0.1, -0.05) is 19.3 Å². The second kappa shape index (κ2) is 8.33. The van der Waals surface area contributed by atoms with E-state index >= 15 is 0 Å². The fourth-order valence-electron chi connectivity index (χ4n) is 2.53. The highest BCUT2D eigenvalue weighted by atomic mass is 32.2. The average Bonchev–Trinajstić information content (AvgIpc) is 2.43. The highest BCUT2D eigenvalue weighted by molar-refractivity contribution is 7.89. The van der Waals surface area contributed by atoms with Crippen molar-refractivity contribution in [3.63, 3.8) is 0 Å². The van der Waals surface area contributed by atoms with Crippen molar-refractivity contribution in [3.8, 4) is 0 Å². The summed E-state index contributed by atoms with van der Waals surface area (Å²) in [5.41, 5.74) is 0. The minimum atomic E-state index is -3.66. The maximum atomic E-state index is 12.0. The number of hydrogen-bond donors (Lipinski definition) is 2. The van der Waals surface area contributed by atoms with E-state index in [1.54, 1.807) is 0 Å². The third-order valence-electron chi connectivity index (χ3n) is 3.66. The Morgan fingerprint density at radius 1 is 1.29 bits per heavy atom. The summed E-state index contributed by atoms with van der Waals surface area (Å²) in [6.45, 7) is 0. The molecular formula is C13H23NO6S. The molecule has 2 N–H and O–H groups in total. The van der Waals surface area contributed by atoms with Crippen molar-refractivity contribution in [2.45, 2.75) is 51.0 Å². The minimum Gasteiger partial charge on any atom is -0.480 e. The second-order valence-electron chi connectivity index (χ2n) is 5.41. The first-order chi connectivity index (χ1) is 9.84. The van der Waals surface area contributed by atoms with Gasteiger partial charge < -0.3 is 9.84 Å². The van der Waals surface area contributed by atoms with Crippen LogP contribution in [-0.2, 0) is 24.3 Å². The Morgan fingerprint density at radius 3 is 2.43 bits per heavy atom. The van der Waals surface area contributed by atoms with Gasteiger partial charge in [0, 0.05) is 6.42 Å². The molecule has 7 nitrogen and oxygen atoms in total. The van der Waals surface area contributed by atoms with Gasteiger partial charge in [-0.25, -0.2) is 13.1 Å². The lowest BCUT2D eigenvalue weighted by molar-refractivity contribution is -0.142. The Morgan fingerprint density at radius 2 is 1.90 bits per heavy atom. The maximum Gasteiger partial charge on any atom is 0.321 e. The first kappa shape index (κ1) is 17.9. The number of ether oxygens (including phenoxy) is 1. The first-order valence-electron chi connectivity index (χ1n) is 7.13. The summed E-state index contributed by atoms with van der Waals surface area (Å²) in [5, 5.41) is 9.05. The standard InChI is InChI=1S/C13H23NO6S/c1-20-12(15)8-7-11(13(16)17)14-21(18,19)9-10-5-3-2-4-6-10/h10-11,14H,2-9H2,1H3,(H,16,17)/t11-/m1/s1. The number of carboxylic acids is 1. The van der Waals surface area contributed by atoms with Gasteiger partial charge >= 0.3 is 11.9 Å². The molecule has 0 bridgehead atoms. The number of carbonyl (C=O) groups is 2. The first-order valence-corrected chi connectivity index (χ1v) is 8.79. The van der Waals surface area contributed by atoms with E-state index in [-0.39, 0.29) is 24.5 Å². The van der Waals surface area contributed by atoms with Crippen LogP contribution in [0, 0.1) is 5.92 Å². The molecule has 0 aromatic rings. The number of carboxylic acid groups (broad SMARTS) is 1. The SMILES string of the molecule is COC(=O)CC[C@@H](NS(=O)(=O)CC1CCCCC1)C(=O)O. The number of rotatable bonds is 8. The molecule has 0 heterocycles. The number of esters is 1. The normalized spacial score (nSPS) is 18.1. The van der Waals surface area contributed by atoms with Gasteiger partial charge in [-0.2, -0.15) is 0 Å². The molecular weight excluding hydrogens is 298 g/mol. The van der Waals surface area contributed by atoms with Crippen LogP contribution in [0.4, 0.5) is 0 Å². The summed E-state index contributed by atoms with van der Waals surface area (Å²) in [5.74, 6) is -1.81.